The lowest BCUT2D eigenvalue weighted by Gasteiger charge is -2.12. The van der Waals surface area contributed by atoms with Crippen molar-refractivity contribution in [3.8, 4) is 5.69 Å². The molecule has 0 atom stereocenters. The lowest BCUT2D eigenvalue weighted by atomic mass is 10.00. The van der Waals surface area contributed by atoms with Crippen molar-refractivity contribution in [3.05, 3.63) is 127 Å². The third-order valence-electron chi connectivity index (χ3n) is 8.81. The van der Waals surface area contributed by atoms with Crippen LogP contribution >= 0.6 is 0 Å². The van der Waals surface area contributed by atoms with Crippen molar-refractivity contribution >= 4 is 82.0 Å². The molecule has 6 aromatic carbocycles. The van der Waals surface area contributed by atoms with Crippen LogP contribution in [0.15, 0.2) is 127 Å². The predicted octanol–water partition coefficient (Wildman–Crippen LogP) is 9.53. The molecule has 41 heavy (non-hydrogen) atoms. The van der Waals surface area contributed by atoms with Crippen LogP contribution in [-0.2, 0) is 0 Å². The van der Waals surface area contributed by atoms with Crippen LogP contribution in [-0.4, -0.2) is 18.9 Å². The third-order valence-corrected chi connectivity index (χ3v) is 8.81. The number of pyridine rings is 1. The number of benzene rings is 6. The van der Waals surface area contributed by atoms with Crippen LogP contribution in [0.25, 0.3) is 87.7 Å². The fraction of sp³-hybridized carbons (Fsp3) is 0. The standard InChI is InChI=1S/C37H22N4/c1-2-10-22(11-3-1)40-30-16-8-5-13-27(30)33-32(40)21-20-26-24-18-19-25-23-12-4-6-14-28(23)38-35(25)34(24)37-39-29-15-7-9-17-31(29)41(37)36(26)33/h1-21,38H. The van der Waals surface area contributed by atoms with E-state index in [4.69, 9.17) is 4.98 Å². The Morgan fingerprint density at radius 1 is 0.488 bits per heavy atom. The molecule has 10 aromatic rings. The molecule has 0 radical (unpaired) electrons. The minimum atomic E-state index is 0.981. The molecule has 10 rings (SSSR count). The lowest BCUT2D eigenvalue weighted by Crippen LogP contribution is -1.95. The van der Waals surface area contributed by atoms with Crippen LogP contribution < -0.4 is 0 Å². The van der Waals surface area contributed by atoms with Gasteiger partial charge in [-0.1, -0.05) is 84.9 Å². The number of para-hydroxylation sites is 5. The largest absolute Gasteiger partial charge is 0.354 e. The van der Waals surface area contributed by atoms with Crippen molar-refractivity contribution in [1.29, 1.82) is 0 Å². The molecular formula is C37H22N4. The molecule has 1 N–H and O–H groups in total. The second-order valence-corrected chi connectivity index (χ2v) is 10.9. The number of H-pyrrole nitrogens is 1. The van der Waals surface area contributed by atoms with Crippen molar-refractivity contribution in [1.82, 2.24) is 18.9 Å². The molecule has 4 heterocycles. The van der Waals surface area contributed by atoms with Gasteiger partial charge in [-0.25, -0.2) is 4.98 Å². The van der Waals surface area contributed by atoms with E-state index in [0.29, 0.717) is 0 Å². The zero-order chi connectivity index (χ0) is 26.7. The molecule has 0 amide bonds. The molecule has 0 unspecified atom stereocenters. The molecule has 0 bridgehead atoms. The third kappa shape index (κ3) is 2.62. The molecule has 0 aliphatic carbocycles. The molecule has 0 aliphatic rings. The summed E-state index contributed by atoms with van der Waals surface area (Å²) in [6, 6.07) is 45.7. The van der Waals surface area contributed by atoms with E-state index < -0.39 is 0 Å². The summed E-state index contributed by atoms with van der Waals surface area (Å²) >= 11 is 0. The zero-order valence-corrected chi connectivity index (χ0v) is 22.0. The first-order valence-corrected chi connectivity index (χ1v) is 14.0. The molecule has 0 aliphatic heterocycles. The summed E-state index contributed by atoms with van der Waals surface area (Å²) in [7, 11) is 0. The summed E-state index contributed by atoms with van der Waals surface area (Å²) < 4.78 is 4.79. The second-order valence-electron chi connectivity index (χ2n) is 10.9. The molecule has 0 fully saturated rings. The molecule has 0 spiro atoms. The van der Waals surface area contributed by atoms with Gasteiger partial charge in [0.05, 0.1) is 33.1 Å². The summed E-state index contributed by atoms with van der Waals surface area (Å²) in [6.45, 7) is 0. The zero-order valence-electron chi connectivity index (χ0n) is 22.0. The number of aromatic amines is 1. The van der Waals surface area contributed by atoms with Gasteiger partial charge in [-0.2, -0.15) is 0 Å². The molecule has 0 saturated carbocycles. The summed E-state index contributed by atoms with van der Waals surface area (Å²) in [5, 5.41) is 8.53. The number of hydrogen-bond acceptors (Lipinski definition) is 1. The Bertz CT molecular complexity index is 2690. The average Bonchev–Trinajstić information content (AvgIpc) is 3.71. The Labute approximate surface area is 233 Å². The van der Waals surface area contributed by atoms with Gasteiger partial charge in [0.15, 0.2) is 0 Å². The molecular weight excluding hydrogens is 500 g/mol. The van der Waals surface area contributed by atoms with E-state index in [0.717, 1.165) is 38.8 Å². The highest BCUT2D eigenvalue weighted by molar-refractivity contribution is 6.31. The number of imidazole rings is 1. The van der Waals surface area contributed by atoms with Gasteiger partial charge < -0.3 is 9.55 Å². The van der Waals surface area contributed by atoms with E-state index in [9.17, 15) is 0 Å². The minimum Gasteiger partial charge on any atom is -0.354 e. The molecule has 4 aromatic heterocycles. The summed E-state index contributed by atoms with van der Waals surface area (Å²) in [4.78, 5) is 9.06. The number of fused-ring (bicyclic) bond motifs is 16. The van der Waals surface area contributed by atoms with Gasteiger partial charge in [-0.3, -0.25) is 4.40 Å². The summed E-state index contributed by atoms with van der Waals surface area (Å²) in [6.07, 6.45) is 0. The highest BCUT2D eigenvalue weighted by Gasteiger charge is 2.22. The number of nitrogens with one attached hydrogen (secondary N) is 1. The number of aromatic nitrogens is 4. The van der Waals surface area contributed by atoms with Gasteiger partial charge in [0.1, 0.15) is 5.65 Å². The van der Waals surface area contributed by atoms with E-state index in [-0.39, 0.29) is 0 Å². The summed E-state index contributed by atoms with van der Waals surface area (Å²) in [5.41, 5.74) is 10.1. The van der Waals surface area contributed by atoms with E-state index in [2.05, 4.69) is 141 Å². The van der Waals surface area contributed by atoms with Crippen LogP contribution in [0, 0.1) is 0 Å². The summed E-state index contributed by atoms with van der Waals surface area (Å²) in [5.74, 6) is 0. The van der Waals surface area contributed by atoms with Crippen molar-refractivity contribution < 1.29 is 0 Å². The molecule has 4 heteroatoms. The van der Waals surface area contributed by atoms with Crippen molar-refractivity contribution in [2.24, 2.45) is 0 Å². The Morgan fingerprint density at radius 2 is 1.20 bits per heavy atom. The second kappa shape index (κ2) is 7.52. The smallest absolute Gasteiger partial charge is 0.148 e. The molecule has 4 nitrogen and oxygen atoms in total. The highest BCUT2D eigenvalue weighted by atomic mass is 15.0. The van der Waals surface area contributed by atoms with Crippen LogP contribution in [0.5, 0.6) is 0 Å². The van der Waals surface area contributed by atoms with Gasteiger partial charge >= 0.3 is 0 Å². The fourth-order valence-corrected chi connectivity index (χ4v) is 7.14. The van der Waals surface area contributed by atoms with Crippen LogP contribution in [0.1, 0.15) is 0 Å². The van der Waals surface area contributed by atoms with E-state index in [1.165, 1.54) is 48.9 Å². The van der Waals surface area contributed by atoms with Crippen LogP contribution in [0.4, 0.5) is 0 Å². The number of hydrogen-bond donors (Lipinski definition) is 1. The average molecular weight is 523 g/mol. The van der Waals surface area contributed by atoms with Gasteiger partial charge in [0, 0.05) is 43.5 Å². The topological polar surface area (TPSA) is 38.0 Å². The number of nitrogens with zero attached hydrogens (tertiary/aromatic N) is 3. The van der Waals surface area contributed by atoms with Crippen molar-refractivity contribution in [2.75, 3.05) is 0 Å². The van der Waals surface area contributed by atoms with E-state index in [1.807, 2.05) is 0 Å². The van der Waals surface area contributed by atoms with Crippen molar-refractivity contribution in [3.63, 3.8) is 0 Å². The maximum Gasteiger partial charge on any atom is 0.148 e. The SMILES string of the molecule is c1ccc(-n2c3ccccc3c3c2ccc2c4ccc5c6ccccc6[nH]c5c4c4nc5ccccc5n4c23)cc1. The molecule has 0 saturated heterocycles. The Kier molecular flexibility index (Phi) is 3.90. The molecule has 190 valence electrons. The highest BCUT2D eigenvalue weighted by Crippen LogP contribution is 2.43. The maximum atomic E-state index is 5.30. The van der Waals surface area contributed by atoms with Crippen molar-refractivity contribution in [2.45, 2.75) is 0 Å². The Hall–Kier alpha value is -5.61. The normalized spacial score (nSPS) is 12.4. The first kappa shape index (κ1) is 21.2. The minimum absolute atomic E-state index is 0.981. The fourth-order valence-electron chi connectivity index (χ4n) is 7.14. The first-order chi connectivity index (χ1) is 20.4. The Morgan fingerprint density at radius 3 is 2.10 bits per heavy atom. The Balaban J connectivity index is 1.53. The number of rotatable bonds is 1. The predicted molar refractivity (Wildman–Crippen MR) is 171 cm³/mol. The quantitative estimate of drug-likeness (QED) is 0.214. The van der Waals surface area contributed by atoms with Gasteiger partial charge in [0.2, 0.25) is 0 Å². The first-order valence-electron chi connectivity index (χ1n) is 14.0. The van der Waals surface area contributed by atoms with E-state index in [1.54, 1.807) is 0 Å². The lowest BCUT2D eigenvalue weighted by molar-refractivity contribution is 1.18. The maximum absolute atomic E-state index is 5.30. The van der Waals surface area contributed by atoms with Gasteiger partial charge in [-0.05, 0) is 47.9 Å². The monoisotopic (exact) mass is 522 g/mol. The van der Waals surface area contributed by atoms with Crippen LogP contribution in [0.3, 0.4) is 0 Å². The van der Waals surface area contributed by atoms with Gasteiger partial charge in [-0.15, -0.1) is 0 Å². The van der Waals surface area contributed by atoms with E-state index >= 15 is 0 Å². The van der Waals surface area contributed by atoms with Gasteiger partial charge in [0.25, 0.3) is 0 Å². The van der Waals surface area contributed by atoms with Crippen LogP contribution in [0.2, 0.25) is 0 Å².